The summed E-state index contributed by atoms with van der Waals surface area (Å²) in [6, 6.07) is 8.55. The van der Waals surface area contributed by atoms with Crippen molar-refractivity contribution in [1.82, 2.24) is 4.90 Å². The maximum atomic E-state index is 10.3. The summed E-state index contributed by atoms with van der Waals surface area (Å²) in [5.74, 6) is 0.478. The van der Waals surface area contributed by atoms with E-state index in [4.69, 9.17) is 0 Å². The zero-order valence-corrected chi connectivity index (χ0v) is 11.5. The first-order valence-corrected chi connectivity index (χ1v) is 7.79. The maximum Gasteiger partial charge on any atom is 0.0965 e. The van der Waals surface area contributed by atoms with Crippen molar-refractivity contribution in [3.8, 4) is 0 Å². The van der Waals surface area contributed by atoms with Gasteiger partial charge in [-0.25, -0.2) is 0 Å². The number of nitrogens with zero attached hydrogens (tertiary/aromatic N) is 1. The molecule has 0 spiro atoms. The van der Waals surface area contributed by atoms with E-state index in [1.54, 1.807) is 11.8 Å². The monoisotopic (exact) mass is 261 g/mol. The van der Waals surface area contributed by atoms with E-state index in [1.165, 1.54) is 10.5 Å². The van der Waals surface area contributed by atoms with E-state index in [0.717, 1.165) is 31.6 Å². The van der Waals surface area contributed by atoms with E-state index in [0.29, 0.717) is 5.92 Å². The summed E-state index contributed by atoms with van der Waals surface area (Å²) in [5, 5.41) is 10.3. The first-order valence-electron chi connectivity index (χ1n) is 6.56. The first-order chi connectivity index (χ1) is 8.78. The van der Waals surface area contributed by atoms with Gasteiger partial charge in [-0.2, -0.15) is 0 Å². The normalized spacial score (nSPS) is 29.0. The zero-order chi connectivity index (χ0) is 12.5. The van der Waals surface area contributed by atoms with Gasteiger partial charge in [0, 0.05) is 23.7 Å². The van der Waals surface area contributed by atoms with Gasteiger partial charge in [0.15, 0.2) is 0 Å². The summed E-state index contributed by atoms with van der Waals surface area (Å²) in [7, 11) is 0. The SMILES string of the molecule is CSc1ccc(/C=C2\[C@H](O)C3CCN2CC3)cc1. The van der Waals surface area contributed by atoms with E-state index in [9.17, 15) is 5.11 Å². The number of rotatable bonds is 2. The van der Waals surface area contributed by atoms with Crippen LogP contribution in [0.15, 0.2) is 34.9 Å². The van der Waals surface area contributed by atoms with Crippen molar-refractivity contribution in [2.45, 2.75) is 23.8 Å². The largest absolute Gasteiger partial charge is 0.387 e. The smallest absolute Gasteiger partial charge is 0.0965 e. The molecule has 3 aliphatic heterocycles. The number of hydrogen-bond donors (Lipinski definition) is 1. The molecule has 0 radical (unpaired) electrons. The molecule has 1 aromatic rings. The van der Waals surface area contributed by atoms with E-state index in [-0.39, 0.29) is 6.10 Å². The second-order valence-corrected chi connectivity index (χ2v) is 5.99. The van der Waals surface area contributed by atoms with E-state index in [2.05, 4.69) is 41.5 Å². The second-order valence-electron chi connectivity index (χ2n) is 5.11. The third-order valence-corrected chi connectivity index (χ3v) is 4.83. The molecule has 0 saturated carbocycles. The number of hydrogen-bond acceptors (Lipinski definition) is 3. The predicted octanol–water partition coefficient (Wildman–Crippen LogP) is 2.84. The number of fused-ring (bicyclic) bond motifs is 3. The van der Waals surface area contributed by atoms with Gasteiger partial charge in [-0.1, -0.05) is 12.1 Å². The standard InChI is InChI=1S/C15H19NOS/c1-18-13-4-2-11(3-5-13)10-14-15(17)12-6-8-16(14)9-7-12/h2-5,10,12,15,17H,6-9H2,1H3/b14-10+/t15-/m1/s1. The maximum absolute atomic E-state index is 10.3. The number of aliphatic hydroxyl groups excluding tert-OH is 1. The number of benzene rings is 1. The molecule has 1 N–H and O–H groups in total. The lowest BCUT2D eigenvalue weighted by atomic mass is 9.83. The Bertz CT molecular complexity index is 442. The van der Waals surface area contributed by atoms with Crippen molar-refractivity contribution in [2.75, 3.05) is 19.3 Å². The van der Waals surface area contributed by atoms with Crippen LogP contribution in [-0.4, -0.2) is 35.5 Å². The van der Waals surface area contributed by atoms with Crippen LogP contribution < -0.4 is 0 Å². The summed E-state index contributed by atoms with van der Waals surface area (Å²) < 4.78 is 0. The Balaban J connectivity index is 1.86. The summed E-state index contributed by atoms with van der Waals surface area (Å²) in [6.07, 6.45) is 6.27. The van der Waals surface area contributed by atoms with Crippen molar-refractivity contribution in [1.29, 1.82) is 0 Å². The summed E-state index contributed by atoms with van der Waals surface area (Å²) >= 11 is 1.76. The van der Waals surface area contributed by atoms with Gasteiger partial charge in [-0.05, 0) is 48.8 Å². The van der Waals surface area contributed by atoms with Gasteiger partial charge in [0.1, 0.15) is 0 Å². The molecule has 0 aromatic heterocycles. The third kappa shape index (κ3) is 2.17. The van der Waals surface area contributed by atoms with Crippen LogP contribution in [0.4, 0.5) is 0 Å². The Hall–Kier alpha value is -0.930. The number of thioether (sulfide) groups is 1. The van der Waals surface area contributed by atoms with E-state index < -0.39 is 0 Å². The molecule has 3 heteroatoms. The Morgan fingerprint density at radius 1 is 1.22 bits per heavy atom. The fourth-order valence-electron chi connectivity index (χ4n) is 2.95. The van der Waals surface area contributed by atoms with Crippen molar-refractivity contribution >= 4 is 17.8 Å². The average Bonchev–Trinajstić information content (AvgIpc) is 2.44. The molecule has 3 aliphatic rings. The van der Waals surface area contributed by atoms with Crippen molar-refractivity contribution < 1.29 is 5.11 Å². The van der Waals surface area contributed by atoms with Crippen molar-refractivity contribution in [2.24, 2.45) is 5.92 Å². The van der Waals surface area contributed by atoms with E-state index >= 15 is 0 Å². The minimum Gasteiger partial charge on any atom is -0.387 e. The van der Waals surface area contributed by atoms with Crippen LogP contribution in [0.25, 0.3) is 6.08 Å². The lowest BCUT2D eigenvalue weighted by molar-refractivity contribution is 0.0215. The fourth-order valence-corrected chi connectivity index (χ4v) is 3.36. The molecule has 1 atom stereocenters. The molecular formula is C15H19NOS. The van der Waals surface area contributed by atoms with Crippen LogP contribution in [0.3, 0.4) is 0 Å². The van der Waals surface area contributed by atoms with Crippen LogP contribution in [0.2, 0.25) is 0 Å². The summed E-state index contributed by atoms with van der Waals surface area (Å²) in [4.78, 5) is 3.62. The van der Waals surface area contributed by atoms with Gasteiger partial charge >= 0.3 is 0 Å². The Morgan fingerprint density at radius 3 is 2.44 bits per heavy atom. The van der Waals surface area contributed by atoms with Gasteiger partial charge in [-0.3, -0.25) is 0 Å². The minimum atomic E-state index is -0.257. The van der Waals surface area contributed by atoms with Crippen LogP contribution >= 0.6 is 11.8 Å². The molecule has 1 aromatic carbocycles. The van der Waals surface area contributed by atoms with Gasteiger partial charge < -0.3 is 10.0 Å². The quantitative estimate of drug-likeness (QED) is 0.828. The Kier molecular flexibility index (Phi) is 3.35. The first kappa shape index (κ1) is 12.1. The van der Waals surface area contributed by atoms with Crippen LogP contribution in [0.5, 0.6) is 0 Å². The average molecular weight is 261 g/mol. The molecule has 2 bridgehead atoms. The van der Waals surface area contributed by atoms with Crippen molar-refractivity contribution in [3.63, 3.8) is 0 Å². The van der Waals surface area contributed by atoms with Crippen molar-refractivity contribution in [3.05, 3.63) is 35.5 Å². The molecule has 0 unspecified atom stereocenters. The van der Waals surface area contributed by atoms with Crippen LogP contribution in [-0.2, 0) is 0 Å². The number of piperidine rings is 3. The molecular weight excluding hydrogens is 242 g/mol. The topological polar surface area (TPSA) is 23.5 Å². The second kappa shape index (κ2) is 4.98. The highest BCUT2D eigenvalue weighted by Gasteiger charge is 2.36. The van der Waals surface area contributed by atoms with Crippen LogP contribution in [0.1, 0.15) is 18.4 Å². The molecule has 0 amide bonds. The number of aliphatic hydroxyl groups is 1. The molecule has 96 valence electrons. The predicted molar refractivity (Wildman–Crippen MR) is 76.5 cm³/mol. The van der Waals surface area contributed by atoms with Gasteiger partial charge in [0.25, 0.3) is 0 Å². The highest BCUT2D eigenvalue weighted by molar-refractivity contribution is 7.98. The molecule has 18 heavy (non-hydrogen) atoms. The van der Waals surface area contributed by atoms with Gasteiger partial charge in [-0.15, -0.1) is 11.8 Å². The highest BCUT2D eigenvalue weighted by Crippen LogP contribution is 2.35. The van der Waals surface area contributed by atoms with Gasteiger partial charge in [0.2, 0.25) is 0 Å². The minimum absolute atomic E-state index is 0.257. The molecule has 3 fully saturated rings. The molecule has 0 aliphatic carbocycles. The lowest BCUT2D eigenvalue weighted by Crippen LogP contribution is -2.48. The molecule has 3 saturated heterocycles. The molecule has 2 nitrogen and oxygen atoms in total. The molecule has 4 rings (SSSR count). The van der Waals surface area contributed by atoms with Crippen LogP contribution in [0, 0.1) is 5.92 Å². The highest BCUT2D eigenvalue weighted by atomic mass is 32.2. The lowest BCUT2D eigenvalue weighted by Gasteiger charge is -2.45. The summed E-state index contributed by atoms with van der Waals surface area (Å²) in [6.45, 7) is 2.22. The zero-order valence-electron chi connectivity index (χ0n) is 10.7. The Morgan fingerprint density at radius 2 is 1.89 bits per heavy atom. The van der Waals surface area contributed by atoms with E-state index in [1.807, 2.05) is 0 Å². The molecule has 3 heterocycles. The fraction of sp³-hybridized carbons (Fsp3) is 0.467. The van der Waals surface area contributed by atoms with Gasteiger partial charge in [0.05, 0.1) is 6.10 Å². The Labute approximate surface area is 113 Å². The summed E-state index contributed by atoms with van der Waals surface area (Å²) in [5.41, 5.74) is 2.31. The third-order valence-electron chi connectivity index (χ3n) is 4.08.